The van der Waals surface area contributed by atoms with E-state index >= 15 is 0 Å². The van der Waals surface area contributed by atoms with E-state index in [9.17, 15) is 0 Å². The summed E-state index contributed by atoms with van der Waals surface area (Å²) in [4.78, 5) is 2.51. The van der Waals surface area contributed by atoms with Crippen molar-refractivity contribution in [3.05, 3.63) is 30.1 Å². The fourth-order valence-electron chi connectivity index (χ4n) is 2.89. The number of piperidine rings is 1. The second-order valence-corrected chi connectivity index (χ2v) is 7.67. The fourth-order valence-corrected chi connectivity index (χ4v) is 3.77. The van der Waals surface area contributed by atoms with Gasteiger partial charge in [0.05, 0.1) is 7.11 Å². The summed E-state index contributed by atoms with van der Waals surface area (Å²) >= 11 is 1.64. The largest absolute Gasteiger partial charge is 0.497 e. The molecule has 2 heterocycles. The van der Waals surface area contributed by atoms with E-state index in [1.807, 2.05) is 24.3 Å². The summed E-state index contributed by atoms with van der Waals surface area (Å²) in [5.74, 6) is 9.99. The summed E-state index contributed by atoms with van der Waals surface area (Å²) in [6.07, 6.45) is 2.59. The van der Waals surface area contributed by atoms with Crippen LogP contribution in [0.15, 0.2) is 29.4 Å². The van der Waals surface area contributed by atoms with Crippen LogP contribution < -0.4 is 15.3 Å². The molecule has 1 aromatic carbocycles. The summed E-state index contributed by atoms with van der Waals surface area (Å²) in [7, 11) is 1.63. The number of hydrogen-bond donors (Lipinski definition) is 1. The smallest absolute Gasteiger partial charge is 0.209 e. The van der Waals surface area contributed by atoms with Gasteiger partial charge in [-0.3, -0.25) is 0 Å². The second kappa shape index (κ2) is 9.14. The number of nitrogens with zero attached hydrogens (tertiary/aromatic N) is 4. The van der Waals surface area contributed by atoms with Gasteiger partial charge < -0.3 is 20.2 Å². The SMILES string of the molecule is COc1cccc(OCc2nnc(SCCN3CCC(C)CC3)n2N)c1. The predicted octanol–water partition coefficient (Wildman–Crippen LogP) is 2.40. The number of ether oxygens (including phenoxy) is 2. The third kappa shape index (κ3) is 5.04. The maximum absolute atomic E-state index is 6.11. The first-order valence-electron chi connectivity index (χ1n) is 8.97. The van der Waals surface area contributed by atoms with Gasteiger partial charge in [0.15, 0.2) is 5.82 Å². The van der Waals surface area contributed by atoms with Crippen molar-refractivity contribution in [3.8, 4) is 11.5 Å². The van der Waals surface area contributed by atoms with Crippen molar-refractivity contribution in [2.75, 3.05) is 38.3 Å². The Labute approximate surface area is 158 Å². The predicted molar refractivity (Wildman–Crippen MR) is 103 cm³/mol. The Hall–Kier alpha value is -1.93. The fraction of sp³-hybridized carbons (Fsp3) is 0.556. The molecule has 1 fully saturated rings. The lowest BCUT2D eigenvalue weighted by molar-refractivity contribution is 0.203. The van der Waals surface area contributed by atoms with Crippen molar-refractivity contribution >= 4 is 11.8 Å². The highest BCUT2D eigenvalue weighted by Gasteiger charge is 2.16. The van der Waals surface area contributed by atoms with Gasteiger partial charge in [-0.05, 0) is 44.0 Å². The zero-order chi connectivity index (χ0) is 18.4. The van der Waals surface area contributed by atoms with Gasteiger partial charge in [0.1, 0.15) is 18.1 Å². The van der Waals surface area contributed by atoms with Gasteiger partial charge in [-0.2, -0.15) is 0 Å². The molecule has 1 aromatic heterocycles. The molecular weight excluding hydrogens is 350 g/mol. The summed E-state index contributed by atoms with van der Waals surface area (Å²) in [6.45, 7) is 6.03. The van der Waals surface area contributed by atoms with Crippen molar-refractivity contribution < 1.29 is 9.47 Å². The van der Waals surface area contributed by atoms with Gasteiger partial charge in [0.25, 0.3) is 0 Å². The van der Waals surface area contributed by atoms with Crippen LogP contribution in [0, 0.1) is 5.92 Å². The monoisotopic (exact) mass is 377 g/mol. The molecule has 0 saturated carbocycles. The van der Waals surface area contributed by atoms with Crippen LogP contribution in [0.25, 0.3) is 0 Å². The number of benzene rings is 1. The maximum atomic E-state index is 6.11. The Morgan fingerprint density at radius 3 is 2.77 bits per heavy atom. The zero-order valence-electron chi connectivity index (χ0n) is 15.4. The number of thioether (sulfide) groups is 1. The minimum Gasteiger partial charge on any atom is -0.497 e. The van der Waals surface area contributed by atoms with E-state index in [0.29, 0.717) is 11.6 Å². The molecule has 0 radical (unpaired) electrons. The molecule has 1 saturated heterocycles. The third-order valence-electron chi connectivity index (χ3n) is 4.66. The van der Waals surface area contributed by atoms with Crippen LogP contribution in [0.2, 0.25) is 0 Å². The summed E-state index contributed by atoms with van der Waals surface area (Å²) in [5, 5.41) is 9.05. The van der Waals surface area contributed by atoms with Gasteiger partial charge >= 0.3 is 0 Å². The molecule has 1 aliphatic heterocycles. The van der Waals surface area contributed by atoms with Gasteiger partial charge in [-0.15, -0.1) is 10.2 Å². The molecule has 142 valence electrons. The molecule has 0 atom stereocenters. The summed E-state index contributed by atoms with van der Waals surface area (Å²) in [6, 6.07) is 7.45. The van der Waals surface area contributed by atoms with Crippen LogP contribution in [0.4, 0.5) is 0 Å². The van der Waals surface area contributed by atoms with Gasteiger partial charge in [-0.1, -0.05) is 24.8 Å². The van der Waals surface area contributed by atoms with Crippen molar-refractivity contribution in [1.82, 2.24) is 19.8 Å². The molecule has 2 N–H and O–H groups in total. The highest BCUT2D eigenvalue weighted by molar-refractivity contribution is 7.99. The maximum Gasteiger partial charge on any atom is 0.209 e. The van der Waals surface area contributed by atoms with Gasteiger partial charge in [-0.25, -0.2) is 4.68 Å². The Morgan fingerprint density at radius 1 is 1.23 bits per heavy atom. The number of rotatable bonds is 8. The lowest BCUT2D eigenvalue weighted by atomic mass is 9.99. The molecule has 0 spiro atoms. The van der Waals surface area contributed by atoms with Crippen LogP contribution >= 0.6 is 11.8 Å². The lowest BCUT2D eigenvalue weighted by Gasteiger charge is -2.29. The number of nitrogen functional groups attached to an aromatic ring is 1. The van der Waals surface area contributed by atoms with Gasteiger partial charge in [0.2, 0.25) is 5.16 Å². The highest BCUT2D eigenvalue weighted by Crippen LogP contribution is 2.21. The van der Waals surface area contributed by atoms with Crippen molar-refractivity contribution in [1.29, 1.82) is 0 Å². The van der Waals surface area contributed by atoms with Crippen molar-refractivity contribution in [3.63, 3.8) is 0 Å². The average molecular weight is 378 g/mol. The second-order valence-electron chi connectivity index (χ2n) is 6.61. The molecule has 2 aromatic rings. The van der Waals surface area contributed by atoms with E-state index in [2.05, 4.69) is 22.0 Å². The summed E-state index contributed by atoms with van der Waals surface area (Å²) < 4.78 is 12.4. The first-order valence-corrected chi connectivity index (χ1v) is 9.95. The molecule has 8 heteroatoms. The number of nitrogens with two attached hydrogens (primary N) is 1. The number of hydrogen-bond acceptors (Lipinski definition) is 7. The minimum atomic E-state index is 0.265. The first-order chi connectivity index (χ1) is 12.7. The van der Waals surface area contributed by atoms with E-state index in [1.54, 1.807) is 18.9 Å². The van der Waals surface area contributed by atoms with Crippen molar-refractivity contribution in [2.45, 2.75) is 31.5 Å². The topological polar surface area (TPSA) is 78.4 Å². The van der Waals surface area contributed by atoms with E-state index in [-0.39, 0.29) is 6.61 Å². The molecule has 0 amide bonds. The quantitative estimate of drug-likeness (QED) is 0.559. The molecule has 0 unspecified atom stereocenters. The summed E-state index contributed by atoms with van der Waals surface area (Å²) in [5.41, 5.74) is 0. The Morgan fingerprint density at radius 2 is 2.00 bits per heavy atom. The number of aromatic nitrogens is 3. The molecule has 26 heavy (non-hydrogen) atoms. The molecular formula is C18H27N5O2S. The Balaban J connectivity index is 1.46. The molecule has 0 bridgehead atoms. The Bertz CT molecular complexity index is 701. The van der Waals surface area contributed by atoms with Crippen LogP contribution in [0.3, 0.4) is 0 Å². The van der Waals surface area contributed by atoms with Crippen LogP contribution in [0.1, 0.15) is 25.6 Å². The number of likely N-dealkylation sites (tertiary alicyclic amines) is 1. The molecule has 1 aliphatic rings. The highest BCUT2D eigenvalue weighted by atomic mass is 32.2. The standard InChI is InChI=1S/C18H27N5O2S/c1-14-6-8-22(9-7-14)10-11-26-18-21-20-17(23(18)19)13-25-16-5-3-4-15(12-16)24-2/h3-5,12,14H,6-11,13,19H2,1-2H3. The van der Waals surface area contributed by atoms with E-state index in [4.69, 9.17) is 15.3 Å². The van der Waals surface area contributed by atoms with Crippen LogP contribution in [-0.2, 0) is 6.61 Å². The normalized spacial score (nSPS) is 15.9. The van der Waals surface area contributed by atoms with Crippen LogP contribution in [0.5, 0.6) is 11.5 Å². The van der Waals surface area contributed by atoms with Crippen molar-refractivity contribution in [2.24, 2.45) is 5.92 Å². The third-order valence-corrected chi connectivity index (χ3v) is 5.58. The first kappa shape index (κ1) is 18.8. The molecule has 0 aliphatic carbocycles. The van der Waals surface area contributed by atoms with Gasteiger partial charge in [0, 0.05) is 18.4 Å². The molecule has 3 rings (SSSR count). The van der Waals surface area contributed by atoms with E-state index in [1.165, 1.54) is 30.6 Å². The average Bonchev–Trinajstić information content (AvgIpc) is 3.02. The van der Waals surface area contributed by atoms with E-state index < -0.39 is 0 Å². The van der Waals surface area contributed by atoms with Crippen LogP contribution in [-0.4, -0.2) is 52.3 Å². The lowest BCUT2D eigenvalue weighted by Crippen LogP contribution is -2.34. The molecule has 7 nitrogen and oxygen atoms in total. The number of methoxy groups -OCH3 is 1. The Kier molecular flexibility index (Phi) is 6.62. The zero-order valence-corrected chi connectivity index (χ0v) is 16.2. The minimum absolute atomic E-state index is 0.265. The van der Waals surface area contributed by atoms with E-state index in [0.717, 1.165) is 29.1 Å².